The highest BCUT2D eigenvalue weighted by Gasteiger charge is 2.23. The van der Waals surface area contributed by atoms with E-state index in [9.17, 15) is 4.79 Å². The molecule has 1 aliphatic rings. The van der Waals surface area contributed by atoms with Gasteiger partial charge in [-0.1, -0.05) is 29.7 Å². The van der Waals surface area contributed by atoms with Crippen molar-refractivity contribution in [1.29, 1.82) is 0 Å². The fourth-order valence-electron chi connectivity index (χ4n) is 1.29. The van der Waals surface area contributed by atoms with Gasteiger partial charge in [0.05, 0.1) is 6.54 Å². The van der Waals surface area contributed by atoms with E-state index in [-0.39, 0.29) is 12.2 Å². The lowest BCUT2D eigenvalue weighted by Gasteiger charge is -2.07. The molecule has 1 atom stereocenters. The Kier molecular flexibility index (Phi) is 1.96. The molecule has 1 heterocycles. The predicted octanol–water partition coefficient (Wildman–Crippen LogP) is 0.261. The van der Waals surface area contributed by atoms with E-state index in [1.807, 2.05) is 12.1 Å². The lowest BCUT2D eigenvalue weighted by molar-refractivity contribution is 0.141. The number of carbonyl (C=O) groups excluding carboxylic acids is 1. The summed E-state index contributed by atoms with van der Waals surface area (Å²) in [6, 6.07) is 7.31. The second kappa shape index (κ2) is 3.13. The van der Waals surface area contributed by atoms with Crippen molar-refractivity contribution in [2.45, 2.75) is 6.10 Å². The highest BCUT2D eigenvalue weighted by molar-refractivity contribution is 6.32. The van der Waals surface area contributed by atoms with Crippen LogP contribution in [-0.4, -0.2) is 20.5 Å². The molecule has 0 aliphatic carbocycles. The van der Waals surface area contributed by atoms with Gasteiger partial charge in [0.2, 0.25) is 0 Å². The van der Waals surface area contributed by atoms with Crippen LogP contribution in [0.15, 0.2) is 24.3 Å². The minimum Gasteiger partial charge on any atom is -0.439 e. The van der Waals surface area contributed by atoms with Crippen molar-refractivity contribution < 1.29 is 9.53 Å². The van der Waals surface area contributed by atoms with Gasteiger partial charge in [-0.15, -0.1) is 0 Å². The Balaban J connectivity index is 2.17. The molecule has 1 amide bonds. The summed E-state index contributed by atoms with van der Waals surface area (Å²) in [6.45, 7) is 0.531. The molecule has 1 fully saturated rings. The van der Waals surface area contributed by atoms with E-state index in [4.69, 9.17) is 12.6 Å². The van der Waals surface area contributed by atoms with Gasteiger partial charge in [-0.2, -0.15) is 0 Å². The molecule has 1 aliphatic heterocycles. The van der Waals surface area contributed by atoms with E-state index in [0.29, 0.717) is 12.0 Å². The molecule has 1 saturated heterocycles. The minimum absolute atomic E-state index is 0.173. The van der Waals surface area contributed by atoms with Gasteiger partial charge in [-0.25, -0.2) is 4.79 Å². The number of benzene rings is 1. The van der Waals surface area contributed by atoms with Crippen molar-refractivity contribution in [2.75, 3.05) is 6.54 Å². The first-order chi connectivity index (χ1) is 6.25. The number of hydrogen-bond donors (Lipinski definition) is 1. The van der Waals surface area contributed by atoms with Gasteiger partial charge in [0, 0.05) is 0 Å². The standard InChI is InChI=1S/C9H8BNO2/c10-7-3-1-6(2-4-7)8-5-11-9(12)13-8/h1-4,8H,5H2,(H,11,12). The van der Waals surface area contributed by atoms with E-state index in [0.717, 1.165) is 5.56 Å². The molecule has 0 spiro atoms. The zero-order valence-corrected chi connectivity index (χ0v) is 6.99. The third-order valence-corrected chi connectivity index (χ3v) is 1.99. The first-order valence-electron chi connectivity index (χ1n) is 4.05. The van der Waals surface area contributed by atoms with Gasteiger partial charge in [-0.3, -0.25) is 0 Å². The molecular formula is C9H8BNO2. The minimum atomic E-state index is -0.359. The summed E-state index contributed by atoms with van der Waals surface area (Å²) in [4.78, 5) is 10.7. The Morgan fingerprint density at radius 1 is 1.38 bits per heavy atom. The van der Waals surface area contributed by atoms with E-state index in [2.05, 4.69) is 5.32 Å². The SMILES string of the molecule is [B]c1ccc(C2CNC(=O)O2)cc1. The van der Waals surface area contributed by atoms with Crippen molar-refractivity contribution in [3.05, 3.63) is 29.8 Å². The maximum Gasteiger partial charge on any atom is 0.407 e. The van der Waals surface area contributed by atoms with Crippen LogP contribution in [0, 0.1) is 0 Å². The third-order valence-electron chi connectivity index (χ3n) is 1.99. The van der Waals surface area contributed by atoms with Crippen molar-refractivity contribution >= 4 is 19.4 Å². The Hall–Kier alpha value is -1.45. The lowest BCUT2D eigenvalue weighted by Crippen LogP contribution is -2.12. The smallest absolute Gasteiger partial charge is 0.407 e. The van der Waals surface area contributed by atoms with Gasteiger partial charge in [0.15, 0.2) is 0 Å². The van der Waals surface area contributed by atoms with Crippen LogP contribution in [-0.2, 0) is 4.74 Å². The molecule has 0 saturated carbocycles. The summed E-state index contributed by atoms with van der Waals surface area (Å²) in [6.07, 6.45) is -0.532. The monoisotopic (exact) mass is 173 g/mol. The summed E-state index contributed by atoms with van der Waals surface area (Å²) >= 11 is 0. The Morgan fingerprint density at radius 3 is 2.62 bits per heavy atom. The number of nitrogens with one attached hydrogen (secondary N) is 1. The second-order valence-electron chi connectivity index (χ2n) is 2.94. The Morgan fingerprint density at radius 2 is 2.08 bits per heavy atom. The van der Waals surface area contributed by atoms with Gasteiger partial charge < -0.3 is 10.1 Å². The van der Waals surface area contributed by atoms with Crippen molar-refractivity contribution in [1.82, 2.24) is 5.32 Å². The van der Waals surface area contributed by atoms with Crippen LogP contribution in [0.5, 0.6) is 0 Å². The van der Waals surface area contributed by atoms with Gasteiger partial charge in [0.1, 0.15) is 14.0 Å². The average molecular weight is 173 g/mol. The Bertz CT molecular complexity index is 323. The van der Waals surface area contributed by atoms with E-state index in [1.54, 1.807) is 12.1 Å². The van der Waals surface area contributed by atoms with Crippen molar-refractivity contribution in [2.24, 2.45) is 0 Å². The molecule has 2 rings (SSSR count). The van der Waals surface area contributed by atoms with Crippen LogP contribution in [0.1, 0.15) is 11.7 Å². The maximum absolute atomic E-state index is 10.7. The highest BCUT2D eigenvalue weighted by atomic mass is 16.6. The molecule has 1 unspecified atom stereocenters. The normalized spacial score (nSPS) is 20.9. The fraction of sp³-hybridized carbons (Fsp3) is 0.222. The largest absolute Gasteiger partial charge is 0.439 e. The number of amides is 1. The molecule has 0 aromatic heterocycles. The molecule has 2 radical (unpaired) electrons. The summed E-state index contributed by atoms with van der Waals surface area (Å²) in [5.74, 6) is 0. The Labute approximate surface area is 77.5 Å². The third kappa shape index (κ3) is 1.66. The molecule has 13 heavy (non-hydrogen) atoms. The van der Waals surface area contributed by atoms with E-state index >= 15 is 0 Å². The van der Waals surface area contributed by atoms with Crippen LogP contribution < -0.4 is 10.8 Å². The average Bonchev–Trinajstić information content (AvgIpc) is 2.53. The van der Waals surface area contributed by atoms with E-state index < -0.39 is 0 Å². The highest BCUT2D eigenvalue weighted by Crippen LogP contribution is 2.19. The van der Waals surface area contributed by atoms with Gasteiger partial charge in [0.25, 0.3) is 0 Å². The van der Waals surface area contributed by atoms with Crippen LogP contribution in [0.25, 0.3) is 0 Å². The quantitative estimate of drug-likeness (QED) is 0.618. The summed E-state index contributed by atoms with van der Waals surface area (Å²) in [7, 11) is 5.53. The summed E-state index contributed by atoms with van der Waals surface area (Å²) in [5.41, 5.74) is 1.67. The second-order valence-corrected chi connectivity index (χ2v) is 2.94. The number of cyclic esters (lactones) is 1. The maximum atomic E-state index is 10.7. The molecule has 0 bridgehead atoms. The number of alkyl carbamates (subject to hydrolysis) is 1. The zero-order valence-electron chi connectivity index (χ0n) is 6.99. The fourth-order valence-corrected chi connectivity index (χ4v) is 1.29. The molecule has 1 aromatic carbocycles. The topological polar surface area (TPSA) is 38.3 Å². The van der Waals surface area contributed by atoms with Crippen LogP contribution >= 0.6 is 0 Å². The number of rotatable bonds is 1. The van der Waals surface area contributed by atoms with E-state index in [1.165, 1.54) is 0 Å². The summed E-state index contributed by atoms with van der Waals surface area (Å²) < 4.78 is 5.00. The summed E-state index contributed by atoms with van der Waals surface area (Å²) in [5, 5.41) is 2.59. The zero-order chi connectivity index (χ0) is 9.26. The molecule has 1 N–H and O–H groups in total. The number of ether oxygens (including phenoxy) is 1. The first-order valence-corrected chi connectivity index (χ1v) is 4.05. The first kappa shape index (κ1) is 8.17. The molecule has 1 aromatic rings. The van der Waals surface area contributed by atoms with Gasteiger partial charge in [-0.05, 0) is 5.56 Å². The van der Waals surface area contributed by atoms with Crippen LogP contribution in [0.4, 0.5) is 4.79 Å². The van der Waals surface area contributed by atoms with Crippen molar-refractivity contribution in [3.63, 3.8) is 0 Å². The lowest BCUT2D eigenvalue weighted by atomic mass is 9.94. The van der Waals surface area contributed by atoms with Crippen LogP contribution in [0.3, 0.4) is 0 Å². The van der Waals surface area contributed by atoms with Gasteiger partial charge >= 0.3 is 6.09 Å². The predicted molar refractivity (Wildman–Crippen MR) is 49.1 cm³/mol. The van der Waals surface area contributed by atoms with Crippen molar-refractivity contribution in [3.8, 4) is 0 Å². The molecule has 64 valence electrons. The molecule has 3 nitrogen and oxygen atoms in total. The number of hydrogen-bond acceptors (Lipinski definition) is 2. The number of carbonyl (C=O) groups is 1. The van der Waals surface area contributed by atoms with Crippen LogP contribution in [0.2, 0.25) is 0 Å². The molecule has 4 heteroatoms. The molecular weight excluding hydrogens is 165 g/mol.